The van der Waals surface area contributed by atoms with E-state index in [1.165, 1.54) is 25.7 Å². The SMILES string of the molecule is CC(CCl)CCCNCC1CCCO1. The summed E-state index contributed by atoms with van der Waals surface area (Å²) in [7, 11) is 0. The van der Waals surface area contributed by atoms with E-state index in [4.69, 9.17) is 16.3 Å². The van der Waals surface area contributed by atoms with Gasteiger partial charge in [0, 0.05) is 19.0 Å². The van der Waals surface area contributed by atoms with E-state index < -0.39 is 0 Å². The molecule has 1 fully saturated rings. The molecule has 0 aromatic carbocycles. The summed E-state index contributed by atoms with van der Waals surface area (Å²) in [5.74, 6) is 1.44. The topological polar surface area (TPSA) is 21.3 Å². The van der Waals surface area contributed by atoms with Crippen LogP contribution in [0.25, 0.3) is 0 Å². The van der Waals surface area contributed by atoms with E-state index >= 15 is 0 Å². The van der Waals surface area contributed by atoms with Gasteiger partial charge >= 0.3 is 0 Å². The third-order valence-corrected chi connectivity index (χ3v) is 3.24. The summed E-state index contributed by atoms with van der Waals surface area (Å²) < 4.78 is 5.52. The van der Waals surface area contributed by atoms with E-state index in [2.05, 4.69) is 12.2 Å². The van der Waals surface area contributed by atoms with Gasteiger partial charge in [-0.3, -0.25) is 0 Å². The lowest BCUT2D eigenvalue weighted by Gasteiger charge is -2.11. The average Bonchev–Trinajstić information content (AvgIpc) is 2.69. The molecule has 14 heavy (non-hydrogen) atoms. The van der Waals surface area contributed by atoms with Crippen LogP contribution in [-0.4, -0.2) is 31.7 Å². The summed E-state index contributed by atoms with van der Waals surface area (Å²) in [6, 6.07) is 0. The number of ether oxygens (including phenoxy) is 1. The Morgan fingerprint density at radius 2 is 2.43 bits per heavy atom. The Kier molecular flexibility index (Phi) is 6.57. The fourth-order valence-corrected chi connectivity index (χ4v) is 1.88. The van der Waals surface area contributed by atoms with Gasteiger partial charge in [-0.05, 0) is 38.1 Å². The molecule has 1 rings (SSSR count). The normalized spacial score (nSPS) is 24.0. The van der Waals surface area contributed by atoms with Crippen molar-refractivity contribution in [1.82, 2.24) is 5.32 Å². The van der Waals surface area contributed by atoms with Gasteiger partial charge in [-0.25, -0.2) is 0 Å². The average molecular weight is 220 g/mol. The lowest BCUT2D eigenvalue weighted by molar-refractivity contribution is 0.110. The minimum absolute atomic E-state index is 0.473. The monoisotopic (exact) mass is 219 g/mol. The second-order valence-corrected chi connectivity index (χ2v) is 4.55. The predicted octanol–water partition coefficient (Wildman–Crippen LogP) is 2.41. The maximum absolute atomic E-state index is 5.73. The van der Waals surface area contributed by atoms with E-state index in [1.54, 1.807) is 0 Å². The molecule has 0 bridgehead atoms. The Morgan fingerprint density at radius 3 is 3.07 bits per heavy atom. The number of alkyl halides is 1. The number of halogens is 1. The fourth-order valence-electron chi connectivity index (χ4n) is 1.72. The fraction of sp³-hybridized carbons (Fsp3) is 1.00. The quantitative estimate of drug-likeness (QED) is 0.525. The Balaban J connectivity index is 1.84. The molecule has 3 heteroatoms. The first-order valence-corrected chi connectivity index (χ1v) is 6.24. The Bertz CT molecular complexity index is 137. The molecule has 1 heterocycles. The third-order valence-electron chi connectivity index (χ3n) is 2.71. The van der Waals surface area contributed by atoms with Crippen molar-refractivity contribution in [2.24, 2.45) is 5.92 Å². The lowest BCUT2D eigenvalue weighted by Crippen LogP contribution is -2.27. The molecule has 1 N–H and O–H groups in total. The van der Waals surface area contributed by atoms with Gasteiger partial charge in [-0.15, -0.1) is 11.6 Å². The van der Waals surface area contributed by atoms with Crippen molar-refractivity contribution in [3.8, 4) is 0 Å². The first kappa shape index (κ1) is 12.3. The summed E-state index contributed by atoms with van der Waals surface area (Å²) in [4.78, 5) is 0. The van der Waals surface area contributed by atoms with Gasteiger partial charge in [0.2, 0.25) is 0 Å². The molecule has 1 saturated heterocycles. The Hall–Kier alpha value is 0.210. The molecule has 0 aromatic heterocycles. The second-order valence-electron chi connectivity index (χ2n) is 4.24. The van der Waals surface area contributed by atoms with Crippen LogP contribution in [0.2, 0.25) is 0 Å². The highest BCUT2D eigenvalue weighted by atomic mass is 35.5. The minimum atomic E-state index is 0.473. The zero-order chi connectivity index (χ0) is 10.2. The van der Waals surface area contributed by atoms with Crippen molar-refractivity contribution in [3.05, 3.63) is 0 Å². The number of hydrogen-bond donors (Lipinski definition) is 1. The molecule has 0 aliphatic carbocycles. The Labute approximate surface area is 92.3 Å². The van der Waals surface area contributed by atoms with Crippen molar-refractivity contribution in [3.63, 3.8) is 0 Å². The van der Waals surface area contributed by atoms with Crippen LogP contribution in [0.5, 0.6) is 0 Å². The van der Waals surface area contributed by atoms with Crippen LogP contribution in [0, 0.1) is 5.92 Å². The molecule has 1 aliphatic rings. The molecule has 0 radical (unpaired) electrons. The molecule has 0 aromatic rings. The van der Waals surface area contributed by atoms with E-state index in [9.17, 15) is 0 Å². The van der Waals surface area contributed by atoms with Crippen LogP contribution in [0.4, 0.5) is 0 Å². The first-order chi connectivity index (χ1) is 6.83. The predicted molar refractivity (Wildman–Crippen MR) is 61.0 cm³/mol. The molecular weight excluding hydrogens is 198 g/mol. The van der Waals surface area contributed by atoms with E-state index in [0.717, 1.165) is 25.6 Å². The third kappa shape index (κ3) is 5.18. The second kappa shape index (κ2) is 7.49. The maximum Gasteiger partial charge on any atom is 0.0700 e. The molecule has 0 amide bonds. The maximum atomic E-state index is 5.73. The molecule has 0 saturated carbocycles. The summed E-state index contributed by atoms with van der Waals surface area (Å²) >= 11 is 5.73. The van der Waals surface area contributed by atoms with Gasteiger partial charge in [0.1, 0.15) is 0 Å². The van der Waals surface area contributed by atoms with Crippen LogP contribution >= 0.6 is 11.6 Å². The standard InChI is InChI=1S/C11H22ClNO/c1-10(8-12)4-2-6-13-9-11-5-3-7-14-11/h10-11,13H,2-9H2,1H3. The van der Waals surface area contributed by atoms with Crippen molar-refractivity contribution >= 4 is 11.6 Å². The van der Waals surface area contributed by atoms with Crippen LogP contribution in [-0.2, 0) is 4.74 Å². The summed E-state index contributed by atoms with van der Waals surface area (Å²) in [6.07, 6.45) is 5.38. The van der Waals surface area contributed by atoms with E-state index in [-0.39, 0.29) is 0 Å². The van der Waals surface area contributed by atoms with Gasteiger partial charge in [-0.2, -0.15) is 0 Å². The molecule has 2 nitrogen and oxygen atoms in total. The van der Waals surface area contributed by atoms with Crippen LogP contribution < -0.4 is 5.32 Å². The van der Waals surface area contributed by atoms with Crippen molar-refractivity contribution in [1.29, 1.82) is 0 Å². The van der Waals surface area contributed by atoms with Crippen LogP contribution in [0.15, 0.2) is 0 Å². The van der Waals surface area contributed by atoms with Gasteiger partial charge < -0.3 is 10.1 Å². The van der Waals surface area contributed by atoms with E-state index in [1.807, 2.05) is 0 Å². The highest BCUT2D eigenvalue weighted by Crippen LogP contribution is 2.10. The van der Waals surface area contributed by atoms with Crippen molar-refractivity contribution in [2.45, 2.75) is 38.7 Å². The molecular formula is C11H22ClNO. The molecule has 2 unspecified atom stereocenters. The molecule has 1 aliphatic heterocycles. The summed E-state index contributed by atoms with van der Waals surface area (Å²) in [6.45, 7) is 5.28. The largest absolute Gasteiger partial charge is 0.377 e. The smallest absolute Gasteiger partial charge is 0.0700 e. The van der Waals surface area contributed by atoms with Gasteiger partial charge in [0.15, 0.2) is 0 Å². The van der Waals surface area contributed by atoms with Gasteiger partial charge in [-0.1, -0.05) is 6.92 Å². The molecule has 84 valence electrons. The highest BCUT2D eigenvalue weighted by Gasteiger charge is 2.14. The highest BCUT2D eigenvalue weighted by molar-refractivity contribution is 6.18. The number of hydrogen-bond acceptors (Lipinski definition) is 2. The Morgan fingerprint density at radius 1 is 1.57 bits per heavy atom. The minimum Gasteiger partial charge on any atom is -0.377 e. The molecule has 2 atom stereocenters. The van der Waals surface area contributed by atoms with Crippen LogP contribution in [0.1, 0.15) is 32.6 Å². The van der Waals surface area contributed by atoms with E-state index in [0.29, 0.717) is 12.0 Å². The van der Waals surface area contributed by atoms with Crippen LogP contribution in [0.3, 0.4) is 0 Å². The zero-order valence-corrected chi connectivity index (χ0v) is 9.85. The van der Waals surface area contributed by atoms with Gasteiger partial charge in [0.05, 0.1) is 6.10 Å². The number of rotatable bonds is 7. The summed E-state index contributed by atoms with van der Waals surface area (Å²) in [5, 5.41) is 3.44. The first-order valence-electron chi connectivity index (χ1n) is 5.71. The zero-order valence-electron chi connectivity index (χ0n) is 9.10. The van der Waals surface area contributed by atoms with Crippen molar-refractivity contribution in [2.75, 3.05) is 25.6 Å². The summed E-state index contributed by atoms with van der Waals surface area (Å²) in [5.41, 5.74) is 0. The van der Waals surface area contributed by atoms with Gasteiger partial charge in [0.25, 0.3) is 0 Å². The lowest BCUT2D eigenvalue weighted by atomic mass is 10.1. The van der Waals surface area contributed by atoms with Crippen molar-refractivity contribution < 1.29 is 4.74 Å². The molecule has 0 spiro atoms. The number of nitrogens with one attached hydrogen (secondary N) is 1.